The molecule has 0 bridgehead atoms. The molecule has 0 radical (unpaired) electrons. The Morgan fingerprint density at radius 2 is 1.86 bits per heavy atom. The Kier molecular flexibility index (Phi) is 5.11. The molecular formula is C16H14BrNO3. The van der Waals surface area contributed by atoms with Crippen LogP contribution < -0.4 is 5.32 Å². The van der Waals surface area contributed by atoms with E-state index in [4.69, 9.17) is 4.74 Å². The number of carbonyl (C=O) groups excluding carboxylic acids is 2. The van der Waals surface area contributed by atoms with Gasteiger partial charge in [0.15, 0.2) is 0 Å². The molecule has 0 aliphatic rings. The normalized spacial score (nSPS) is 10.0. The first kappa shape index (κ1) is 15.3. The van der Waals surface area contributed by atoms with Gasteiger partial charge in [-0.1, -0.05) is 28.1 Å². The first-order valence-electron chi connectivity index (χ1n) is 6.34. The Morgan fingerprint density at radius 3 is 2.48 bits per heavy atom. The minimum Gasteiger partial charge on any atom is -0.457 e. The van der Waals surface area contributed by atoms with Crippen LogP contribution in [0.25, 0.3) is 0 Å². The van der Waals surface area contributed by atoms with Gasteiger partial charge in [0.2, 0.25) is 5.91 Å². The Morgan fingerprint density at radius 1 is 1.14 bits per heavy atom. The molecule has 1 amide bonds. The van der Waals surface area contributed by atoms with E-state index in [1.807, 2.05) is 24.3 Å². The number of carbonyl (C=O) groups is 2. The number of halogens is 1. The summed E-state index contributed by atoms with van der Waals surface area (Å²) in [6.07, 6.45) is 0. The average molecular weight is 348 g/mol. The minimum atomic E-state index is -0.399. The summed E-state index contributed by atoms with van der Waals surface area (Å²) in [4.78, 5) is 22.8. The van der Waals surface area contributed by atoms with Crippen molar-refractivity contribution in [2.45, 2.75) is 13.5 Å². The number of rotatable bonds is 4. The number of benzene rings is 2. The third kappa shape index (κ3) is 4.72. The van der Waals surface area contributed by atoms with E-state index in [1.165, 1.54) is 6.92 Å². The predicted octanol–water partition coefficient (Wildman–Crippen LogP) is 3.76. The zero-order chi connectivity index (χ0) is 15.2. The van der Waals surface area contributed by atoms with Gasteiger partial charge in [-0.3, -0.25) is 4.79 Å². The van der Waals surface area contributed by atoms with Crippen molar-refractivity contribution >= 4 is 33.5 Å². The lowest BCUT2D eigenvalue weighted by molar-refractivity contribution is -0.114. The molecule has 0 aromatic heterocycles. The van der Waals surface area contributed by atoms with Gasteiger partial charge in [-0.15, -0.1) is 0 Å². The lowest BCUT2D eigenvalue weighted by Crippen LogP contribution is -2.07. The molecule has 4 nitrogen and oxygen atoms in total. The molecule has 0 heterocycles. The van der Waals surface area contributed by atoms with Gasteiger partial charge in [-0.05, 0) is 42.0 Å². The van der Waals surface area contributed by atoms with Crippen molar-refractivity contribution in [2.24, 2.45) is 0 Å². The van der Waals surface area contributed by atoms with Crippen molar-refractivity contribution in [3.63, 3.8) is 0 Å². The van der Waals surface area contributed by atoms with E-state index in [1.54, 1.807) is 24.3 Å². The van der Waals surface area contributed by atoms with E-state index >= 15 is 0 Å². The Hall–Kier alpha value is -2.14. The van der Waals surface area contributed by atoms with Gasteiger partial charge in [0.25, 0.3) is 0 Å². The van der Waals surface area contributed by atoms with Gasteiger partial charge >= 0.3 is 5.97 Å². The van der Waals surface area contributed by atoms with Gasteiger partial charge in [-0.25, -0.2) is 4.79 Å². The highest BCUT2D eigenvalue weighted by Gasteiger charge is 2.07. The van der Waals surface area contributed by atoms with Crippen LogP contribution in [0.1, 0.15) is 22.8 Å². The number of nitrogens with one attached hydrogen (secondary N) is 1. The maximum Gasteiger partial charge on any atom is 0.338 e. The van der Waals surface area contributed by atoms with E-state index in [9.17, 15) is 9.59 Å². The third-order valence-corrected chi connectivity index (χ3v) is 3.19. The van der Waals surface area contributed by atoms with Crippen molar-refractivity contribution < 1.29 is 14.3 Å². The maximum atomic E-state index is 11.9. The predicted molar refractivity (Wildman–Crippen MR) is 84.0 cm³/mol. The van der Waals surface area contributed by atoms with Crippen LogP contribution in [0.15, 0.2) is 53.0 Å². The second kappa shape index (κ2) is 7.04. The summed E-state index contributed by atoms with van der Waals surface area (Å²) in [6.45, 7) is 1.64. The van der Waals surface area contributed by atoms with E-state index in [2.05, 4.69) is 21.2 Å². The first-order valence-corrected chi connectivity index (χ1v) is 7.13. The van der Waals surface area contributed by atoms with E-state index in [0.29, 0.717) is 11.3 Å². The van der Waals surface area contributed by atoms with Gasteiger partial charge in [-0.2, -0.15) is 0 Å². The highest BCUT2D eigenvalue weighted by Crippen LogP contribution is 2.14. The van der Waals surface area contributed by atoms with Crippen LogP contribution in [0.3, 0.4) is 0 Å². The van der Waals surface area contributed by atoms with Gasteiger partial charge in [0.05, 0.1) is 5.56 Å². The first-order chi connectivity index (χ1) is 10.0. The number of anilines is 1. The van der Waals surface area contributed by atoms with Gasteiger partial charge in [0.1, 0.15) is 6.61 Å². The van der Waals surface area contributed by atoms with Crippen LogP contribution in [-0.4, -0.2) is 11.9 Å². The summed E-state index contributed by atoms with van der Waals surface area (Å²) in [5.74, 6) is -0.552. The minimum absolute atomic E-state index is 0.153. The van der Waals surface area contributed by atoms with Gasteiger partial charge in [0, 0.05) is 17.1 Å². The summed E-state index contributed by atoms with van der Waals surface area (Å²) >= 11 is 3.37. The fourth-order valence-corrected chi connectivity index (χ4v) is 2.20. The van der Waals surface area contributed by atoms with Crippen LogP contribution in [0.2, 0.25) is 0 Å². The number of esters is 1. The zero-order valence-electron chi connectivity index (χ0n) is 11.4. The molecule has 2 aromatic rings. The summed E-state index contributed by atoms with van der Waals surface area (Å²) in [5.41, 5.74) is 2.00. The zero-order valence-corrected chi connectivity index (χ0v) is 13.0. The molecule has 1 N–H and O–H groups in total. The Labute approximate surface area is 131 Å². The second-order valence-corrected chi connectivity index (χ2v) is 5.38. The van der Waals surface area contributed by atoms with Crippen LogP contribution in [0.5, 0.6) is 0 Å². The van der Waals surface area contributed by atoms with Crippen molar-refractivity contribution in [1.29, 1.82) is 0 Å². The van der Waals surface area contributed by atoms with Crippen molar-refractivity contribution in [2.75, 3.05) is 5.32 Å². The molecule has 21 heavy (non-hydrogen) atoms. The highest BCUT2D eigenvalue weighted by molar-refractivity contribution is 9.10. The number of ether oxygens (including phenoxy) is 1. The fourth-order valence-electron chi connectivity index (χ4n) is 1.75. The molecule has 5 heteroatoms. The van der Waals surface area contributed by atoms with Crippen molar-refractivity contribution in [1.82, 2.24) is 0 Å². The average Bonchev–Trinajstić information content (AvgIpc) is 2.45. The molecule has 0 saturated carbocycles. The summed E-state index contributed by atoms with van der Waals surface area (Å²) in [7, 11) is 0. The fraction of sp³-hybridized carbons (Fsp3) is 0.125. The summed E-state index contributed by atoms with van der Waals surface area (Å²) in [5, 5.41) is 2.64. The molecular weight excluding hydrogens is 334 g/mol. The monoisotopic (exact) mass is 347 g/mol. The second-order valence-electron chi connectivity index (χ2n) is 4.46. The standard InChI is InChI=1S/C16H14BrNO3/c1-11(19)18-15-7-5-13(6-8-15)16(20)21-10-12-3-2-4-14(17)9-12/h2-9H,10H2,1H3,(H,18,19). The molecule has 0 saturated heterocycles. The maximum absolute atomic E-state index is 11.9. The van der Waals surface area contributed by atoms with E-state index < -0.39 is 5.97 Å². The van der Waals surface area contributed by atoms with E-state index in [-0.39, 0.29) is 12.5 Å². The van der Waals surface area contributed by atoms with Crippen LogP contribution in [0.4, 0.5) is 5.69 Å². The summed E-state index contributed by atoms with van der Waals surface area (Å²) < 4.78 is 6.18. The Bertz CT molecular complexity index is 653. The van der Waals surface area contributed by atoms with Crippen molar-refractivity contribution in [3.8, 4) is 0 Å². The quantitative estimate of drug-likeness (QED) is 0.856. The molecule has 0 unspecified atom stereocenters. The molecule has 2 rings (SSSR count). The molecule has 108 valence electrons. The van der Waals surface area contributed by atoms with Crippen LogP contribution >= 0.6 is 15.9 Å². The summed E-state index contributed by atoms with van der Waals surface area (Å²) in [6, 6.07) is 14.1. The molecule has 2 aromatic carbocycles. The number of hydrogen-bond acceptors (Lipinski definition) is 3. The SMILES string of the molecule is CC(=O)Nc1ccc(C(=O)OCc2cccc(Br)c2)cc1. The van der Waals surface area contributed by atoms with Crippen LogP contribution in [-0.2, 0) is 16.1 Å². The largest absolute Gasteiger partial charge is 0.457 e. The number of hydrogen-bond donors (Lipinski definition) is 1. The third-order valence-electron chi connectivity index (χ3n) is 2.70. The molecule has 0 atom stereocenters. The van der Waals surface area contributed by atoms with Gasteiger partial charge < -0.3 is 10.1 Å². The molecule has 0 aliphatic carbocycles. The molecule has 0 aliphatic heterocycles. The van der Waals surface area contributed by atoms with E-state index in [0.717, 1.165) is 10.0 Å². The number of amides is 1. The molecule has 0 fully saturated rings. The topological polar surface area (TPSA) is 55.4 Å². The lowest BCUT2D eigenvalue weighted by Gasteiger charge is -2.06. The Balaban J connectivity index is 1.95. The van der Waals surface area contributed by atoms with Crippen LogP contribution in [0, 0.1) is 0 Å². The lowest BCUT2D eigenvalue weighted by atomic mass is 10.2. The van der Waals surface area contributed by atoms with Crippen molar-refractivity contribution in [3.05, 3.63) is 64.1 Å². The smallest absolute Gasteiger partial charge is 0.338 e. The highest BCUT2D eigenvalue weighted by atomic mass is 79.9. The molecule has 0 spiro atoms.